The van der Waals surface area contributed by atoms with Gasteiger partial charge in [0, 0.05) is 28.1 Å². The second-order valence-corrected chi connectivity index (χ2v) is 13.0. The molecule has 1 aliphatic rings. The number of halogens is 4. The molecule has 0 aliphatic heterocycles. The highest BCUT2D eigenvalue weighted by atomic mass is 35.5. The van der Waals surface area contributed by atoms with Gasteiger partial charge in [-0.15, -0.1) is 0 Å². The lowest BCUT2D eigenvalue weighted by Gasteiger charge is -2.39. The van der Waals surface area contributed by atoms with E-state index in [1.807, 2.05) is 13.8 Å². The minimum Gasteiger partial charge on any atom is -0.368 e. The number of H-pyrrole nitrogens is 1. The van der Waals surface area contributed by atoms with Crippen LogP contribution in [-0.4, -0.2) is 46.2 Å². The molecule has 0 saturated heterocycles. The van der Waals surface area contributed by atoms with Crippen LogP contribution < -0.4 is 21.7 Å². The fourth-order valence-corrected chi connectivity index (χ4v) is 6.48. The Hall–Kier alpha value is -3.70. The van der Waals surface area contributed by atoms with E-state index < -0.39 is 70.8 Å². The zero-order chi connectivity index (χ0) is 33.9. The van der Waals surface area contributed by atoms with Crippen molar-refractivity contribution in [1.29, 1.82) is 0 Å². The topological polar surface area (TPSA) is 146 Å². The van der Waals surface area contributed by atoms with Crippen molar-refractivity contribution in [1.82, 2.24) is 20.9 Å². The molecule has 1 aromatic heterocycles. The maximum absolute atomic E-state index is 14.3. The Morgan fingerprint density at radius 2 is 1.63 bits per heavy atom. The van der Waals surface area contributed by atoms with Gasteiger partial charge in [0.2, 0.25) is 23.6 Å². The molecular weight excluding hydrogens is 639 g/mol. The summed E-state index contributed by atoms with van der Waals surface area (Å²) in [6, 6.07) is 4.48. The first-order valence-electron chi connectivity index (χ1n) is 15.3. The van der Waals surface area contributed by atoms with Crippen molar-refractivity contribution in [2.45, 2.75) is 83.8 Å². The van der Waals surface area contributed by atoms with Gasteiger partial charge in [0.25, 0.3) is 0 Å². The highest BCUT2D eigenvalue weighted by Crippen LogP contribution is 2.38. The van der Waals surface area contributed by atoms with Crippen molar-refractivity contribution in [2.24, 2.45) is 17.6 Å². The molecule has 1 aliphatic carbocycles. The van der Waals surface area contributed by atoms with Crippen molar-refractivity contribution < 1.29 is 28.0 Å². The van der Waals surface area contributed by atoms with Gasteiger partial charge in [0.15, 0.2) is 0 Å². The fraction of sp³-hybridized carbons (Fsp3) is 0.455. The molecule has 9 nitrogen and oxygen atoms in total. The van der Waals surface area contributed by atoms with Crippen LogP contribution in [0.5, 0.6) is 0 Å². The van der Waals surface area contributed by atoms with Crippen molar-refractivity contribution in [2.75, 3.05) is 0 Å². The number of primary amides is 1. The summed E-state index contributed by atoms with van der Waals surface area (Å²) in [4.78, 5) is 57.0. The maximum atomic E-state index is 14.3. The van der Waals surface area contributed by atoms with Gasteiger partial charge in [0.1, 0.15) is 29.3 Å². The van der Waals surface area contributed by atoms with Crippen molar-refractivity contribution in [3.05, 3.63) is 68.8 Å². The van der Waals surface area contributed by atoms with E-state index in [1.165, 1.54) is 6.07 Å². The minimum absolute atomic E-state index is 0.0180. The molecule has 6 N–H and O–H groups in total. The molecule has 0 fully saturated rings. The van der Waals surface area contributed by atoms with E-state index in [0.29, 0.717) is 40.2 Å². The third-order valence-electron chi connectivity index (χ3n) is 9.11. The number of benzene rings is 2. The molecule has 0 bridgehead atoms. The zero-order valence-corrected chi connectivity index (χ0v) is 27.7. The predicted molar refractivity (Wildman–Crippen MR) is 173 cm³/mol. The Kier molecular flexibility index (Phi) is 11.0. The predicted octanol–water partition coefficient (Wildman–Crippen LogP) is 4.89. The second kappa shape index (κ2) is 14.4. The molecule has 46 heavy (non-hydrogen) atoms. The molecule has 248 valence electrons. The number of rotatable bonds is 12. The number of amides is 4. The Morgan fingerprint density at radius 1 is 1.00 bits per heavy atom. The molecule has 13 heteroatoms. The molecule has 1 heterocycles. The van der Waals surface area contributed by atoms with Gasteiger partial charge < -0.3 is 26.7 Å². The van der Waals surface area contributed by atoms with Gasteiger partial charge in [-0.3, -0.25) is 19.2 Å². The van der Waals surface area contributed by atoms with E-state index in [4.69, 9.17) is 28.9 Å². The van der Waals surface area contributed by atoms with E-state index in [0.717, 1.165) is 23.4 Å². The lowest BCUT2D eigenvalue weighted by Crippen LogP contribution is -2.67. The molecule has 4 amide bonds. The van der Waals surface area contributed by atoms with E-state index in [2.05, 4.69) is 20.9 Å². The summed E-state index contributed by atoms with van der Waals surface area (Å²) in [6.07, 6.45) is 0.894. The highest BCUT2D eigenvalue weighted by molar-refractivity contribution is 6.38. The van der Waals surface area contributed by atoms with E-state index in [9.17, 15) is 28.0 Å². The number of nitrogens with one attached hydrogen (secondary N) is 4. The smallest absolute Gasteiger partial charge is 0.246 e. The number of fused-ring (bicyclic) bond motifs is 3. The van der Waals surface area contributed by atoms with Gasteiger partial charge in [0.05, 0.1) is 17.0 Å². The van der Waals surface area contributed by atoms with E-state index in [-0.39, 0.29) is 18.8 Å². The number of aryl methyl sites for hydroxylation is 1. The van der Waals surface area contributed by atoms with Crippen LogP contribution in [0.3, 0.4) is 0 Å². The molecule has 3 aromatic rings. The Bertz CT molecular complexity index is 1640. The van der Waals surface area contributed by atoms with Crippen LogP contribution in [0.4, 0.5) is 8.78 Å². The Labute approximate surface area is 276 Å². The Balaban J connectivity index is 1.71. The van der Waals surface area contributed by atoms with Gasteiger partial charge in [-0.05, 0) is 54.5 Å². The lowest BCUT2D eigenvalue weighted by molar-refractivity contribution is -0.138. The first-order valence-corrected chi connectivity index (χ1v) is 16.1. The van der Waals surface area contributed by atoms with Crippen molar-refractivity contribution >= 4 is 57.7 Å². The summed E-state index contributed by atoms with van der Waals surface area (Å²) in [7, 11) is 0. The molecule has 2 aromatic carbocycles. The molecule has 5 atom stereocenters. The van der Waals surface area contributed by atoms with E-state index >= 15 is 0 Å². The van der Waals surface area contributed by atoms with Crippen molar-refractivity contribution in [3.8, 4) is 0 Å². The summed E-state index contributed by atoms with van der Waals surface area (Å²) in [6.45, 7) is 7.22. The zero-order valence-electron chi connectivity index (χ0n) is 26.2. The largest absolute Gasteiger partial charge is 0.368 e. The summed E-state index contributed by atoms with van der Waals surface area (Å²) in [5.41, 5.74) is 5.87. The maximum Gasteiger partial charge on any atom is 0.246 e. The van der Waals surface area contributed by atoms with E-state index in [1.54, 1.807) is 26.0 Å². The normalized spacial score (nSPS) is 18.6. The molecule has 4 rings (SSSR count). The minimum atomic E-state index is -1.57. The van der Waals surface area contributed by atoms with Gasteiger partial charge in [-0.2, -0.15) is 0 Å². The second-order valence-electron chi connectivity index (χ2n) is 12.2. The van der Waals surface area contributed by atoms with Crippen LogP contribution in [0.25, 0.3) is 10.9 Å². The first-order chi connectivity index (χ1) is 21.7. The monoisotopic (exact) mass is 677 g/mol. The van der Waals surface area contributed by atoms with Gasteiger partial charge >= 0.3 is 0 Å². The fourth-order valence-electron chi connectivity index (χ4n) is 5.94. The number of carbonyl (C=O) groups is 4. The van der Waals surface area contributed by atoms with Gasteiger partial charge in [-0.1, -0.05) is 69.8 Å². The molecular formula is C33H39Cl2F2N5O4. The molecule has 0 radical (unpaired) electrons. The van der Waals surface area contributed by atoms with Crippen LogP contribution >= 0.6 is 23.2 Å². The molecule has 0 spiro atoms. The van der Waals surface area contributed by atoms with Crippen LogP contribution in [0.2, 0.25) is 10.0 Å². The standard InChI is InChI=1S/C33H39Cl2F2N5O4/c1-5-16(3)27(30(38)44)41-32(46)33(11-10-25-21(15-33)19-12-18(34)13-22(35)29(19)39-25)42-31(45)28(17(4)6-2)40-26(43)14-20-23(36)8-7-9-24(20)37/h7-9,12-13,16-17,27-28,39H,5-6,10-11,14-15H2,1-4H3,(H2,38,44)(H,40,43)(H,41,46)(H,42,45)/t16-,17?,27?,28-,33+/m0/s1. The number of carbonyl (C=O) groups excluding carboxylic acids is 4. The highest BCUT2D eigenvalue weighted by Gasteiger charge is 2.46. The quantitative estimate of drug-likeness (QED) is 0.186. The van der Waals surface area contributed by atoms with Gasteiger partial charge in [-0.25, -0.2) is 8.78 Å². The third kappa shape index (κ3) is 7.31. The summed E-state index contributed by atoms with van der Waals surface area (Å²) < 4.78 is 28.6. The summed E-state index contributed by atoms with van der Waals surface area (Å²) in [5.74, 6) is -5.21. The van der Waals surface area contributed by atoms with Crippen LogP contribution in [0.1, 0.15) is 63.8 Å². The average Bonchev–Trinajstić information content (AvgIpc) is 3.37. The summed E-state index contributed by atoms with van der Waals surface area (Å²) >= 11 is 12.8. The number of aromatic amines is 1. The van der Waals surface area contributed by atoms with Crippen LogP contribution in [0.15, 0.2) is 30.3 Å². The summed E-state index contributed by atoms with van der Waals surface area (Å²) in [5, 5.41) is 9.80. The average molecular weight is 679 g/mol. The number of nitrogens with two attached hydrogens (primary N) is 1. The number of hydrogen-bond donors (Lipinski definition) is 5. The Morgan fingerprint density at radius 3 is 2.24 bits per heavy atom. The number of hydrogen-bond acceptors (Lipinski definition) is 4. The number of aromatic nitrogens is 1. The first kappa shape index (κ1) is 35.2. The van der Waals surface area contributed by atoms with Crippen LogP contribution in [-0.2, 0) is 38.4 Å². The molecule has 2 unspecified atom stereocenters. The van der Waals surface area contributed by atoms with Crippen molar-refractivity contribution in [3.63, 3.8) is 0 Å². The molecule has 0 saturated carbocycles. The lowest BCUT2D eigenvalue weighted by atomic mass is 9.78. The SMILES string of the molecule is CCC(C)[C@H](NC(=O)Cc1c(F)cccc1F)C(=O)N[C@]1(C(=O)NC(C(N)=O)[C@@H](C)CC)CCc2[nH]c3c(Cl)cc(Cl)cc3c2C1. The van der Waals surface area contributed by atoms with Crippen LogP contribution in [0, 0.1) is 23.5 Å². The third-order valence-corrected chi connectivity index (χ3v) is 9.63.